The summed E-state index contributed by atoms with van der Waals surface area (Å²) in [7, 11) is 1.35. The van der Waals surface area contributed by atoms with Crippen LogP contribution in [0.5, 0.6) is 0 Å². The normalized spacial score (nSPS) is 16.9. The SMILES string of the molecule is COC(=O)c1ccc(CCN2C(=O)CCC2C=CC(=O)CCCCCl)cc1. The number of alkyl halides is 1. The van der Waals surface area contributed by atoms with Gasteiger partial charge in [0.1, 0.15) is 0 Å². The number of esters is 1. The second kappa shape index (κ2) is 10.9. The van der Waals surface area contributed by atoms with Gasteiger partial charge in [0.15, 0.2) is 5.78 Å². The number of nitrogens with zero attached hydrogens (tertiary/aromatic N) is 1. The Bertz CT molecular complexity index is 684. The molecule has 0 aliphatic carbocycles. The number of carbonyl (C=O) groups is 3. The molecule has 1 atom stereocenters. The lowest BCUT2D eigenvalue weighted by atomic mass is 10.1. The maximum atomic E-state index is 12.2. The zero-order chi connectivity index (χ0) is 19.6. The Hall–Kier alpha value is -2.14. The molecular formula is C21H26ClNO4. The van der Waals surface area contributed by atoms with Crippen LogP contribution in [0.25, 0.3) is 0 Å². The lowest BCUT2D eigenvalue weighted by molar-refractivity contribution is -0.128. The minimum absolute atomic E-state index is 0.0242. The van der Waals surface area contributed by atoms with Crippen molar-refractivity contribution in [1.82, 2.24) is 4.90 Å². The van der Waals surface area contributed by atoms with Crippen molar-refractivity contribution in [1.29, 1.82) is 0 Å². The van der Waals surface area contributed by atoms with Crippen LogP contribution in [0, 0.1) is 0 Å². The highest BCUT2D eigenvalue weighted by molar-refractivity contribution is 6.17. The zero-order valence-electron chi connectivity index (χ0n) is 15.7. The lowest BCUT2D eigenvalue weighted by Gasteiger charge is -2.22. The second-order valence-corrected chi connectivity index (χ2v) is 6.98. The second-order valence-electron chi connectivity index (χ2n) is 6.60. The monoisotopic (exact) mass is 391 g/mol. The van der Waals surface area contributed by atoms with E-state index in [9.17, 15) is 14.4 Å². The van der Waals surface area contributed by atoms with Crippen LogP contribution in [0.1, 0.15) is 48.0 Å². The molecule has 0 radical (unpaired) electrons. The third-order valence-corrected chi connectivity index (χ3v) is 4.97. The van der Waals surface area contributed by atoms with E-state index in [-0.39, 0.29) is 23.7 Å². The van der Waals surface area contributed by atoms with Gasteiger partial charge in [-0.3, -0.25) is 9.59 Å². The maximum Gasteiger partial charge on any atom is 0.337 e. The Balaban J connectivity index is 1.88. The van der Waals surface area contributed by atoms with Crippen molar-refractivity contribution in [2.45, 2.75) is 44.6 Å². The molecule has 27 heavy (non-hydrogen) atoms. The molecule has 2 rings (SSSR count). The molecule has 1 fully saturated rings. The van der Waals surface area contributed by atoms with Crippen molar-refractivity contribution in [2.75, 3.05) is 19.5 Å². The van der Waals surface area contributed by atoms with Crippen LogP contribution in [0.3, 0.4) is 0 Å². The first-order valence-electron chi connectivity index (χ1n) is 9.29. The summed E-state index contributed by atoms with van der Waals surface area (Å²) in [6.07, 6.45) is 7.54. The van der Waals surface area contributed by atoms with Crippen LogP contribution in [0.2, 0.25) is 0 Å². The summed E-state index contributed by atoms with van der Waals surface area (Å²) in [5, 5.41) is 0. The topological polar surface area (TPSA) is 63.7 Å². The summed E-state index contributed by atoms with van der Waals surface area (Å²) >= 11 is 5.62. The molecule has 1 aromatic carbocycles. The summed E-state index contributed by atoms with van der Waals surface area (Å²) < 4.78 is 4.69. The Morgan fingerprint density at radius 3 is 2.67 bits per heavy atom. The number of likely N-dealkylation sites (tertiary alicyclic amines) is 1. The Labute approximate surface area is 165 Å². The number of halogens is 1. The smallest absolute Gasteiger partial charge is 0.337 e. The number of hydrogen-bond acceptors (Lipinski definition) is 4. The molecule has 6 heteroatoms. The first kappa shape index (κ1) is 21.2. The number of ketones is 1. The van der Waals surface area contributed by atoms with Gasteiger partial charge in [-0.2, -0.15) is 0 Å². The van der Waals surface area contributed by atoms with Gasteiger partial charge in [-0.15, -0.1) is 11.6 Å². The molecule has 0 saturated carbocycles. The van der Waals surface area contributed by atoms with E-state index in [0.717, 1.165) is 24.8 Å². The van der Waals surface area contributed by atoms with E-state index in [0.29, 0.717) is 37.3 Å². The Morgan fingerprint density at radius 1 is 1.26 bits per heavy atom. The molecule has 0 spiro atoms. The largest absolute Gasteiger partial charge is 0.465 e. The summed E-state index contributed by atoms with van der Waals surface area (Å²) in [5.41, 5.74) is 1.55. The van der Waals surface area contributed by atoms with E-state index < -0.39 is 0 Å². The molecule has 0 N–H and O–H groups in total. The number of rotatable bonds is 10. The molecule has 1 aromatic rings. The molecule has 5 nitrogen and oxygen atoms in total. The summed E-state index contributed by atoms with van der Waals surface area (Å²) in [6, 6.07) is 7.17. The highest BCUT2D eigenvalue weighted by Crippen LogP contribution is 2.21. The summed E-state index contributed by atoms with van der Waals surface area (Å²) in [4.78, 5) is 37.4. The van der Waals surface area contributed by atoms with Gasteiger partial charge in [0, 0.05) is 25.3 Å². The van der Waals surface area contributed by atoms with Gasteiger partial charge in [-0.1, -0.05) is 18.2 Å². The van der Waals surface area contributed by atoms with Crippen LogP contribution in [0.15, 0.2) is 36.4 Å². The van der Waals surface area contributed by atoms with E-state index in [2.05, 4.69) is 4.74 Å². The predicted molar refractivity (Wildman–Crippen MR) is 105 cm³/mol. The average molecular weight is 392 g/mol. The minimum atomic E-state index is -0.364. The van der Waals surface area contributed by atoms with Crippen LogP contribution < -0.4 is 0 Å². The number of ether oxygens (including phenoxy) is 1. The van der Waals surface area contributed by atoms with Gasteiger partial charge in [0.05, 0.1) is 18.7 Å². The summed E-state index contributed by atoms with van der Waals surface area (Å²) in [5.74, 6) is 0.406. The van der Waals surface area contributed by atoms with E-state index in [1.54, 1.807) is 18.2 Å². The summed E-state index contributed by atoms with van der Waals surface area (Å²) in [6.45, 7) is 0.589. The van der Waals surface area contributed by atoms with E-state index in [4.69, 9.17) is 11.6 Å². The fraction of sp³-hybridized carbons (Fsp3) is 0.476. The molecule has 1 aliphatic rings. The van der Waals surface area contributed by atoms with Gasteiger partial charge in [-0.05, 0) is 49.5 Å². The number of carbonyl (C=O) groups excluding carboxylic acids is 3. The number of amides is 1. The number of unbranched alkanes of at least 4 members (excludes halogenated alkanes) is 1. The van der Waals surface area contributed by atoms with Crippen LogP contribution >= 0.6 is 11.6 Å². The molecular weight excluding hydrogens is 366 g/mol. The van der Waals surface area contributed by atoms with Crippen molar-refractivity contribution in [3.63, 3.8) is 0 Å². The van der Waals surface area contributed by atoms with Crippen molar-refractivity contribution in [3.05, 3.63) is 47.5 Å². The quantitative estimate of drug-likeness (QED) is 0.265. The van der Waals surface area contributed by atoms with E-state index in [1.807, 2.05) is 23.1 Å². The number of allylic oxidation sites excluding steroid dienone is 1. The standard InChI is InChI=1S/C21H26ClNO4/c1-27-21(26)17-7-5-16(6-8-17)13-15-23-18(10-12-20(23)25)9-11-19(24)4-2-3-14-22/h5-9,11,18H,2-4,10,12-15H2,1H3. The number of methoxy groups -OCH3 is 1. The maximum absolute atomic E-state index is 12.2. The molecule has 1 unspecified atom stereocenters. The van der Waals surface area contributed by atoms with Gasteiger partial charge in [-0.25, -0.2) is 4.79 Å². The van der Waals surface area contributed by atoms with E-state index >= 15 is 0 Å². The third kappa shape index (κ3) is 6.51. The van der Waals surface area contributed by atoms with Crippen LogP contribution in [-0.2, 0) is 20.7 Å². The van der Waals surface area contributed by atoms with Crippen LogP contribution in [-0.4, -0.2) is 48.1 Å². The minimum Gasteiger partial charge on any atom is -0.465 e. The van der Waals surface area contributed by atoms with Crippen molar-refractivity contribution >= 4 is 29.3 Å². The first-order chi connectivity index (χ1) is 13.0. The van der Waals surface area contributed by atoms with E-state index in [1.165, 1.54) is 7.11 Å². The van der Waals surface area contributed by atoms with Crippen molar-refractivity contribution in [2.24, 2.45) is 0 Å². The Kier molecular flexibility index (Phi) is 8.52. The number of hydrogen-bond donors (Lipinski definition) is 0. The van der Waals surface area contributed by atoms with Gasteiger partial charge < -0.3 is 9.64 Å². The fourth-order valence-corrected chi connectivity index (χ4v) is 3.31. The third-order valence-electron chi connectivity index (χ3n) is 4.70. The van der Waals surface area contributed by atoms with Crippen molar-refractivity contribution < 1.29 is 19.1 Å². The Morgan fingerprint density at radius 2 is 2.00 bits per heavy atom. The number of benzene rings is 1. The van der Waals surface area contributed by atoms with Crippen molar-refractivity contribution in [3.8, 4) is 0 Å². The lowest BCUT2D eigenvalue weighted by Crippen LogP contribution is -2.33. The predicted octanol–water partition coefficient (Wildman–Crippen LogP) is 3.54. The highest BCUT2D eigenvalue weighted by atomic mass is 35.5. The first-order valence-corrected chi connectivity index (χ1v) is 9.82. The van der Waals surface area contributed by atoms with Gasteiger partial charge in [0.25, 0.3) is 0 Å². The molecule has 1 amide bonds. The van der Waals surface area contributed by atoms with Gasteiger partial charge >= 0.3 is 5.97 Å². The zero-order valence-corrected chi connectivity index (χ0v) is 16.4. The molecule has 1 saturated heterocycles. The average Bonchev–Trinajstić information content (AvgIpc) is 3.04. The molecule has 1 heterocycles. The molecule has 1 aliphatic heterocycles. The fourth-order valence-electron chi connectivity index (χ4n) is 3.12. The highest BCUT2D eigenvalue weighted by Gasteiger charge is 2.28. The molecule has 0 bridgehead atoms. The van der Waals surface area contributed by atoms with Crippen LogP contribution in [0.4, 0.5) is 0 Å². The molecule has 0 aromatic heterocycles. The molecule has 146 valence electrons. The van der Waals surface area contributed by atoms with Gasteiger partial charge in [0.2, 0.25) is 5.91 Å².